The first-order valence-corrected chi connectivity index (χ1v) is 9.54. The monoisotopic (exact) mass is 397 g/mol. The fourth-order valence-corrected chi connectivity index (χ4v) is 2.29. The topological polar surface area (TPSA) is 132 Å². The smallest absolute Gasteiger partial charge is 0.280 e. The Labute approximate surface area is 166 Å². The first kappa shape index (κ1) is 25.7. The Bertz CT molecular complexity index is 736. The number of rotatable bonds is 3. The number of hydrogen-bond acceptors (Lipinski definition) is 8. The standard InChI is InChI=1S/C11H16N6O3.C3H7N.2C2H6/c1-19-4-6-2-13-3-7(20-6)17-5-14-8-9(17)15-11(12)16-10(8)18;1-3-4-2;2*1-2/h5-7,13H,2-4H2,1H3,(H3,12,15,16,18);3H,1-2H3;2*1-2H3/t6?,7-;;;/m1.../s1. The Morgan fingerprint density at radius 3 is 2.61 bits per heavy atom. The summed E-state index contributed by atoms with van der Waals surface area (Å²) in [7, 11) is 3.38. The van der Waals surface area contributed by atoms with Crippen molar-refractivity contribution in [3.05, 3.63) is 16.7 Å². The fraction of sp³-hybridized carbons (Fsp3) is 0.667. The maximum atomic E-state index is 11.7. The van der Waals surface area contributed by atoms with Gasteiger partial charge in [-0.25, -0.2) is 4.98 Å². The number of aromatic nitrogens is 4. The average Bonchev–Trinajstić information content (AvgIpc) is 3.16. The number of nitrogen functional groups attached to an aromatic ring is 1. The van der Waals surface area contributed by atoms with E-state index in [0.29, 0.717) is 25.3 Å². The van der Waals surface area contributed by atoms with E-state index in [0.717, 1.165) is 0 Å². The van der Waals surface area contributed by atoms with Crippen molar-refractivity contribution in [1.82, 2.24) is 24.8 Å². The number of aromatic amines is 1. The van der Waals surface area contributed by atoms with E-state index in [2.05, 4.69) is 25.3 Å². The molecule has 0 spiro atoms. The van der Waals surface area contributed by atoms with Gasteiger partial charge in [-0.1, -0.05) is 27.7 Å². The van der Waals surface area contributed by atoms with Gasteiger partial charge in [0.05, 0.1) is 19.0 Å². The second-order valence-corrected chi connectivity index (χ2v) is 5.12. The number of H-pyrrole nitrogens is 1. The summed E-state index contributed by atoms with van der Waals surface area (Å²) < 4.78 is 12.7. The Morgan fingerprint density at radius 2 is 2.04 bits per heavy atom. The predicted octanol–water partition coefficient (Wildman–Crippen LogP) is 1.59. The molecule has 0 saturated carbocycles. The van der Waals surface area contributed by atoms with Crippen LogP contribution in [0.1, 0.15) is 40.8 Å². The SMILES string of the molecule is CC.CC.CC=NC.COCC1CNC[C@H](n2cnc3c(=O)[nH]c(N)nc32)O1. The van der Waals surface area contributed by atoms with Crippen molar-refractivity contribution in [3.8, 4) is 0 Å². The molecule has 1 aliphatic rings. The van der Waals surface area contributed by atoms with Crippen molar-refractivity contribution < 1.29 is 9.47 Å². The molecule has 4 N–H and O–H groups in total. The van der Waals surface area contributed by atoms with E-state index in [1.165, 1.54) is 6.33 Å². The maximum Gasteiger partial charge on any atom is 0.280 e. The normalized spacial score (nSPS) is 18.4. The van der Waals surface area contributed by atoms with Gasteiger partial charge in [0.25, 0.3) is 5.56 Å². The first-order valence-electron chi connectivity index (χ1n) is 9.54. The number of morpholine rings is 1. The lowest BCUT2D eigenvalue weighted by atomic mass is 10.3. The first-order chi connectivity index (χ1) is 13.6. The van der Waals surface area contributed by atoms with Crippen LogP contribution in [0, 0.1) is 0 Å². The van der Waals surface area contributed by atoms with Crippen molar-refractivity contribution in [3.63, 3.8) is 0 Å². The van der Waals surface area contributed by atoms with Crippen molar-refractivity contribution in [2.24, 2.45) is 4.99 Å². The molecule has 10 nitrogen and oxygen atoms in total. The quantitative estimate of drug-likeness (QED) is 0.670. The summed E-state index contributed by atoms with van der Waals surface area (Å²) >= 11 is 0. The van der Waals surface area contributed by atoms with Gasteiger partial charge in [0, 0.05) is 27.2 Å². The molecule has 1 unspecified atom stereocenters. The van der Waals surface area contributed by atoms with E-state index in [9.17, 15) is 4.79 Å². The molecule has 10 heteroatoms. The lowest BCUT2D eigenvalue weighted by Crippen LogP contribution is -2.44. The minimum absolute atomic E-state index is 0.0569. The molecule has 2 atom stereocenters. The lowest BCUT2D eigenvalue weighted by Gasteiger charge is -2.31. The maximum absolute atomic E-state index is 11.7. The zero-order valence-electron chi connectivity index (χ0n) is 18.0. The zero-order chi connectivity index (χ0) is 21.5. The van der Waals surface area contributed by atoms with Gasteiger partial charge in [0.1, 0.15) is 6.23 Å². The van der Waals surface area contributed by atoms with Crippen molar-refractivity contribution in [2.45, 2.75) is 47.0 Å². The molecular formula is C18H35N7O3. The van der Waals surface area contributed by atoms with Crippen LogP contribution >= 0.6 is 0 Å². The largest absolute Gasteiger partial charge is 0.382 e. The molecule has 0 radical (unpaired) electrons. The summed E-state index contributed by atoms with van der Waals surface area (Å²) in [6, 6.07) is 0. The lowest BCUT2D eigenvalue weighted by molar-refractivity contribution is -0.0990. The van der Waals surface area contributed by atoms with E-state index >= 15 is 0 Å². The fourth-order valence-electron chi connectivity index (χ4n) is 2.29. The number of methoxy groups -OCH3 is 1. The minimum atomic E-state index is -0.358. The molecule has 0 bridgehead atoms. The number of anilines is 1. The van der Waals surface area contributed by atoms with E-state index in [4.69, 9.17) is 15.2 Å². The van der Waals surface area contributed by atoms with E-state index < -0.39 is 0 Å². The number of imidazole rings is 1. The number of nitrogens with one attached hydrogen (secondary N) is 2. The summed E-state index contributed by atoms with van der Waals surface area (Å²) in [4.78, 5) is 26.0. The van der Waals surface area contributed by atoms with Gasteiger partial charge < -0.3 is 25.5 Å². The van der Waals surface area contributed by atoms with Gasteiger partial charge in [-0.15, -0.1) is 0 Å². The molecule has 1 fully saturated rings. The highest BCUT2D eigenvalue weighted by Crippen LogP contribution is 2.19. The van der Waals surface area contributed by atoms with Gasteiger partial charge in [0.15, 0.2) is 11.2 Å². The molecule has 1 aliphatic heterocycles. The third kappa shape index (κ3) is 7.37. The van der Waals surface area contributed by atoms with Crippen LogP contribution in [0.5, 0.6) is 0 Å². The second-order valence-electron chi connectivity index (χ2n) is 5.12. The number of nitrogens with zero attached hydrogens (tertiary/aromatic N) is 4. The highest BCUT2D eigenvalue weighted by atomic mass is 16.5. The summed E-state index contributed by atoms with van der Waals surface area (Å²) in [5.74, 6) is 0.0569. The highest BCUT2D eigenvalue weighted by molar-refractivity contribution is 5.70. The molecule has 28 heavy (non-hydrogen) atoms. The van der Waals surface area contributed by atoms with Crippen molar-refractivity contribution in [2.75, 3.05) is 39.6 Å². The molecule has 3 heterocycles. The van der Waals surface area contributed by atoms with Crippen LogP contribution in [-0.4, -0.2) is 65.7 Å². The number of hydrogen-bond donors (Lipinski definition) is 3. The van der Waals surface area contributed by atoms with Crippen LogP contribution in [0.4, 0.5) is 5.95 Å². The van der Waals surface area contributed by atoms with Crippen molar-refractivity contribution >= 4 is 23.3 Å². The van der Waals surface area contributed by atoms with Crippen LogP contribution in [0.15, 0.2) is 16.1 Å². The molecule has 3 rings (SSSR count). The number of ether oxygens (including phenoxy) is 2. The number of fused-ring (bicyclic) bond motifs is 1. The molecule has 0 aliphatic carbocycles. The van der Waals surface area contributed by atoms with Gasteiger partial charge in [-0.3, -0.25) is 14.3 Å². The summed E-state index contributed by atoms with van der Waals surface area (Å²) in [6.45, 7) is 11.7. The molecule has 2 aromatic heterocycles. The van der Waals surface area contributed by atoms with Crippen LogP contribution in [0.2, 0.25) is 0 Å². The number of aliphatic imine (C=N–C) groups is 1. The van der Waals surface area contributed by atoms with Gasteiger partial charge in [0.2, 0.25) is 5.95 Å². The summed E-state index contributed by atoms with van der Waals surface area (Å²) in [5, 5.41) is 3.25. The molecule has 0 aromatic carbocycles. The van der Waals surface area contributed by atoms with Gasteiger partial charge in [-0.05, 0) is 13.1 Å². The Morgan fingerprint density at radius 1 is 1.39 bits per heavy atom. The van der Waals surface area contributed by atoms with E-state index in [-0.39, 0.29) is 29.4 Å². The highest BCUT2D eigenvalue weighted by Gasteiger charge is 2.25. The van der Waals surface area contributed by atoms with Crippen LogP contribution < -0.4 is 16.6 Å². The van der Waals surface area contributed by atoms with E-state index in [1.54, 1.807) is 24.9 Å². The Kier molecular flexibility index (Phi) is 13.5. The van der Waals surface area contributed by atoms with Crippen LogP contribution in [-0.2, 0) is 9.47 Å². The van der Waals surface area contributed by atoms with Gasteiger partial charge in [-0.2, -0.15) is 4.98 Å². The third-order valence-corrected chi connectivity index (χ3v) is 3.41. The molecule has 160 valence electrons. The zero-order valence-corrected chi connectivity index (χ0v) is 18.0. The third-order valence-electron chi connectivity index (χ3n) is 3.41. The Balaban J connectivity index is 0.000000797. The average molecular weight is 398 g/mol. The van der Waals surface area contributed by atoms with Crippen LogP contribution in [0.25, 0.3) is 11.2 Å². The second kappa shape index (κ2) is 14.7. The molecular weight excluding hydrogens is 362 g/mol. The molecule has 0 amide bonds. The molecule has 2 aromatic rings. The molecule has 1 saturated heterocycles. The predicted molar refractivity (Wildman–Crippen MR) is 114 cm³/mol. The Hall–Kier alpha value is -2.30. The summed E-state index contributed by atoms with van der Waals surface area (Å²) in [5.41, 5.74) is 5.88. The summed E-state index contributed by atoms with van der Waals surface area (Å²) in [6.07, 6.45) is 2.92. The van der Waals surface area contributed by atoms with Crippen LogP contribution in [0.3, 0.4) is 0 Å². The van der Waals surface area contributed by atoms with Crippen molar-refractivity contribution in [1.29, 1.82) is 0 Å². The van der Waals surface area contributed by atoms with E-state index in [1.807, 2.05) is 34.6 Å². The minimum Gasteiger partial charge on any atom is -0.382 e. The number of nitrogens with two attached hydrogens (primary N) is 1. The van der Waals surface area contributed by atoms with Gasteiger partial charge >= 0.3 is 0 Å².